The molecule has 0 atom stereocenters. The molecule has 10 heteroatoms. The van der Waals surface area contributed by atoms with Crippen molar-refractivity contribution in [3.05, 3.63) is 67.7 Å². The van der Waals surface area contributed by atoms with Gasteiger partial charge in [-0.1, -0.05) is 29.8 Å². The van der Waals surface area contributed by atoms with Crippen LogP contribution in [0.15, 0.2) is 45.8 Å². The molecule has 2 aromatic rings. The molecule has 1 aliphatic heterocycles. The van der Waals surface area contributed by atoms with E-state index in [0.29, 0.717) is 21.3 Å². The second-order valence-electron chi connectivity index (χ2n) is 6.27. The monoisotopic (exact) mass is 527 g/mol. The van der Waals surface area contributed by atoms with Crippen molar-refractivity contribution in [3.8, 4) is 5.75 Å². The predicted molar refractivity (Wildman–Crippen MR) is 119 cm³/mol. The number of rotatable bonds is 7. The van der Waals surface area contributed by atoms with Gasteiger partial charge in [-0.25, -0.2) is 4.39 Å². The van der Waals surface area contributed by atoms with Crippen LogP contribution in [0.5, 0.6) is 5.75 Å². The molecule has 0 N–H and O–H groups in total. The Bertz CT molecular complexity index is 1050. The molecule has 0 bridgehead atoms. The molecule has 0 aliphatic carbocycles. The van der Waals surface area contributed by atoms with E-state index in [1.807, 2.05) is 0 Å². The number of ether oxygens (including phenoxy) is 2. The zero-order valence-corrected chi connectivity index (χ0v) is 19.4. The van der Waals surface area contributed by atoms with E-state index in [0.717, 1.165) is 16.7 Å². The molecule has 2 aromatic carbocycles. The lowest BCUT2D eigenvalue weighted by Gasteiger charge is -2.12. The molecular weight excluding hydrogens is 513 g/mol. The third-order valence-corrected chi connectivity index (χ3v) is 5.89. The standard InChI is InChI=1S/C21H16BrClFNO5S/c1-2-29-18(26)10-25-20(27)17(31-21(25)28)9-12-7-14(22)19(15(23)8-12)30-11-13-5-3-4-6-16(13)24/h3-9H,2,10-11H2,1H3/b17-9+. The molecule has 1 fully saturated rings. The molecule has 1 aliphatic rings. The number of amides is 2. The molecule has 3 rings (SSSR count). The molecule has 31 heavy (non-hydrogen) atoms. The van der Waals surface area contributed by atoms with Crippen LogP contribution in [0.2, 0.25) is 5.02 Å². The Labute approximate surface area is 195 Å². The van der Waals surface area contributed by atoms with E-state index in [1.165, 1.54) is 12.1 Å². The van der Waals surface area contributed by atoms with E-state index < -0.39 is 23.7 Å². The van der Waals surface area contributed by atoms with Crippen molar-refractivity contribution in [2.45, 2.75) is 13.5 Å². The molecule has 1 heterocycles. The summed E-state index contributed by atoms with van der Waals surface area (Å²) in [6, 6.07) is 9.46. The topological polar surface area (TPSA) is 72.9 Å². The fourth-order valence-electron chi connectivity index (χ4n) is 2.69. The van der Waals surface area contributed by atoms with Crippen LogP contribution in [0.3, 0.4) is 0 Å². The number of carbonyl (C=O) groups excluding carboxylic acids is 3. The summed E-state index contributed by atoms with van der Waals surface area (Å²) < 4.78 is 24.7. The van der Waals surface area contributed by atoms with E-state index in [1.54, 1.807) is 37.3 Å². The maximum Gasteiger partial charge on any atom is 0.326 e. The number of halogens is 3. The first-order valence-electron chi connectivity index (χ1n) is 9.06. The van der Waals surface area contributed by atoms with Gasteiger partial charge in [-0.05, 0) is 64.5 Å². The Morgan fingerprint density at radius 3 is 2.71 bits per heavy atom. The summed E-state index contributed by atoms with van der Waals surface area (Å²) in [6.07, 6.45) is 1.49. The lowest BCUT2D eigenvalue weighted by atomic mass is 10.2. The summed E-state index contributed by atoms with van der Waals surface area (Å²) in [5.41, 5.74) is 0.918. The minimum atomic E-state index is -0.659. The molecule has 0 unspecified atom stereocenters. The zero-order valence-electron chi connectivity index (χ0n) is 16.2. The van der Waals surface area contributed by atoms with Crippen molar-refractivity contribution >= 4 is 62.5 Å². The number of benzene rings is 2. The average Bonchev–Trinajstić information content (AvgIpc) is 2.96. The highest BCUT2D eigenvalue weighted by Gasteiger charge is 2.36. The average molecular weight is 529 g/mol. The highest BCUT2D eigenvalue weighted by atomic mass is 79.9. The quantitative estimate of drug-likeness (QED) is 0.353. The van der Waals surface area contributed by atoms with E-state index >= 15 is 0 Å². The van der Waals surface area contributed by atoms with Crippen molar-refractivity contribution in [2.75, 3.05) is 13.2 Å². The molecule has 0 spiro atoms. The summed E-state index contributed by atoms with van der Waals surface area (Å²) in [6.45, 7) is 1.33. The second kappa shape index (κ2) is 10.3. The fourth-order valence-corrected chi connectivity index (χ4v) is 4.52. The maximum atomic E-state index is 13.8. The van der Waals surface area contributed by atoms with Crippen LogP contribution in [-0.4, -0.2) is 35.2 Å². The van der Waals surface area contributed by atoms with E-state index in [2.05, 4.69) is 15.9 Å². The fraction of sp³-hybridized carbons (Fsp3) is 0.190. The first-order chi connectivity index (χ1) is 14.8. The summed E-state index contributed by atoms with van der Waals surface area (Å²) in [7, 11) is 0. The number of hydrogen-bond donors (Lipinski definition) is 0. The van der Waals surface area contributed by atoms with Gasteiger partial charge in [0, 0.05) is 5.56 Å². The van der Waals surface area contributed by atoms with Crippen LogP contribution in [0.25, 0.3) is 6.08 Å². The lowest BCUT2D eigenvalue weighted by Crippen LogP contribution is -2.34. The van der Waals surface area contributed by atoms with Gasteiger partial charge in [-0.15, -0.1) is 0 Å². The Morgan fingerprint density at radius 2 is 2.03 bits per heavy atom. The lowest BCUT2D eigenvalue weighted by molar-refractivity contribution is -0.145. The van der Waals surface area contributed by atoms with Crippen LogP contribution < -0.4 is 4.74 Å². The number of imide groups is 1. The summed E-state index contributed by atoms with van der Waals surface area (Å²) in [5, 5.41) is -0.318. The normalized spacial score (nSPS) is 15.0. The minimum absolute atomic E-state index is 0.0168. The van der Waals surface area contributed by atoms with Gasteiger partial charge in [0.05, 0.1) is 21.0 Å². The number of nitrogens with zero attached hydrogens (tertiary/aromatic N) is 1. The van der Waals surface area contributed by atoms with Crippen molar-refractivity contribution in [2.24, 2.45) is 0 Å². The molecule has 0 radical (unpaired) electrons. The van der Waals surface area contributed by atoms with Gasteiger partial charge in [0.25, 0.3) is 11.1 Å². The smallest absolute Gasteiger partial charge is 0.326 e. The maximum absolute atomic E-state index is 13.8. The molecule has 6 nitrogen and oxygen atoms in total. The zero-order chi connectivity index (χ0) is 22.5. The largest absolute Gasteiger partial charge is 0.486 e. The number of esters is 1. The van der Waals surface area contributed by atoms with E-state index in [4.69, 9.17) is 21.1 Å². The Hall–Kier alpha value is -2.36. The molecule has 0 aromatic heterocycles. The number of hydrogen-bond acceptors (Lipinski definition) is 6. The minimum Gasteiger partial charge on any atom is -0.486 e. The van der Waals surface area contributed by atoms with Gasteiger partial charge in [0.2, 0.25) is 0 Å². The third-order valence-electron chi connectivity index (χ3n) is 4.11. The van der Waals surface area contributed by atoms with Crippen molar-refractivity contribution in [3.63, 3.8) is 0 Å². The van der Waals surface area contributed by atoms with Crippen molar-refractivity contribution < 1.29 is 28.2 Å². The van der Waals surface area contributed by atoms with Gasteiger partial charge in [-0.3, -0.25) is 19.3 Å². The highest BCUT2D eigenvalue weighted by Crippen LogP contribution is 2.38. The van der Waals surface area contributed by atoms with Crippen LogP contribution >= 0.6 is 39.3 Å². The Balaban J connectivity index is 1.76. The molecule has 0 saturated carbocycles. The highest BCUT2D eigenvalue weighted by molar-refractivity contribution is 9.10. The molecule has 1 saturated heterocycles. The van der Waals surface area contributed by atoms with Crippen LogP contribution in [0.4, 0.5) is 9.18 Å². The molecule has 162 valence electrons. The van der Waals surface area contributed by atoms with Gasteiger partial charge in [0.1, 0.15) is 19.0 Å². The first kappa shape index (κ1) is 23.3. The van der Waals surface area contributed by atoms with Crippen LogP contribution in [0.1, 0.15) is 18.1 Å². The number of thioether (sulfide) groups is 1. The number of carbonyl (C=O) groups is 3. The van der Waals surface area contributed by atoms with Gasteiger partial charge in [0.15, 0.2) is 5.75 Å². The van der Waals surface area contributed by atoms with Crippen LogP contribution in [0, 0.1) is 5.82 Å². The van der Waals surface area contributed by atoms with Crippen molar-refractivity contribution in [1.29, 1.82) is 0 Å². The van der Waals surface area contributed by atoms with Crippen LogP contribution in [-0.2, 0) is 20.9 Å². The van der Waals surface area contributed by atoms with E-state index in [9.17, 15) is 18.8 Å². The predicted octanol–water partition coefficient (Wildman–Crippen LogP) is 5.42. The van der Waals surface area contributed by atoms with Gasteiger partial charge < -0.3 is 9.47 Å². The summed E-state index contributed by atoms with van der Waals surface area (Å²) in [5.74, 6) is -1.31. The van der Waals surface area contributed by atoms with Gasteiger partial charge in [-0.2, -0.15) is 0 Å². The first-order valence-corrected chi connectivity index (χ1v) is 11.0. The third kappa shape index (κ3) is 5.66. The molecule has 2 amide bonds. The van der Waals surface area contributed by atoms with E-state index in [-0.39, 0.29) is 29.0 Å². The SMILES string of the molecule is CCOC(=O)CN1C(=O)S/C(=C/c2cc(Cl)c(OCc3ccccc3F)c(Br)c2)C1=O. The second-order valence-corrected chi connectivity index (χ2v) is 8.52. The Kier molecular flexibility index (Phi) is 7.74. The van der Waals surface area contributed by atoms with Gasteiger partial charge >= 0.3 is 5.97 Å². The summed E-state index contributed by atoms with van der Waals surface area (Å²) >= 11 is 10.4. The Morgan fingerprint density at radius 1 is 1.29 bits per heavy atom. The summed E-state index contributed by atoms with van der Waals surface area (Å²) in [4.78, 5) is 37.2. The molecular formula is C21H16BrClFNO5S. The van der Waals surface area contributed by atoms with Crippen molar-refractivity contribution in [1.82, 2.24) is 4.90 Å².